The van der Waals surface area contributed by atoms with Gasteiger partial charge in [-0.25, -0.2) is 5.14 Å². The van der Waals surface area contributed by atoms with E-state index in [9.17, 15) is 8.42 Å². The van der Waals surface area contributed by atoms with Crippen molar-refractivity contribution in [3.63, 3.8) is 0 Å². The summed E-state index contributed by atoms with van der Waals surface area (Å²) in [6.07, 6.45) is 0. The van der Waals surface area contributed by atoms with E-state index in [1.54, 1.807) is 12.1 Å². The van der Waals surface area contributed by atoms with Crippen LogP contribution in [0.15, 0.2) is 22.7 Å². The van der Waals surface area contributed by atoms with Crippen LogP contribution in [0.5, 0.6) is 5.75 Å². The number of nitrogens with one attached hydrogen (secondary N) is 1. The molecule has 1 aromatic rings. The number of hydrogen-bond donors (Lipinski definition) is 2. The van der Waals surface area contributed by atoms with Gasteiger partial charge in [-0.3, -0.25) is 4.72 Å². The second-order valence-corrected chi connectivity index (χ2v) is 4.64. The van der Waals surface area contributed by atoms with Gasteiger partial charge in [0.25, 0.3) is 10.2 Å². The first-order valence-electron chi connectivity index (χ1n) is 3.56. The first-order chi connectivity index (χ1) is 6.42. The summed E-state index contributed by atoms with van der Waals surface area (Å²) in [6.45, 7) is 0. The van der Waals surface area contributed by atoms with Gasteiger partial charge in [0.1, 0.15) is 5.75 Å². The number of nitrogens with two attached hydrogens (primary N) is 1. The molecule has 0 aromatic heterocycles. The highest BCUT2D eigenvalue weighted by atomic mass is 79.9. The highest BCUT2D eigenvalue weighted by Gasteiger charge is 2.05. The molecular weight excluding hydrogens is 272 g/mol. The van der Waals surface area contributed by atoms with Crippen LogP contribution in [-0.4, -0.2) is 15.5 Å². The highest BCUT2D eigenvalue weighted by molar-refractivity contribution is 9.10. The zero-order chi connectivity index (χ0) is 10.8. The quantitative estimate of drug-likeness (QED) is 0.869. The standard InChI is InChI=1S/C7H9BrN2O3S/c1-13-7-4-5(2-3-6(7)8)10-14(9,11)12/h2-4,10H,1H3,(H2,9,11,12). The Morgan fingerprint density at radius 2 is 2.14 bits per heavy atom. The van der Waals surface area contributed by atoms with Gasteiger partial charge in [0, 0.05) is 6.07 Å². The molecule has 0 radical (unpaired) electrons. The highest BCUT2D eigenvalue weighted by Crippen LogP contribution is 2.27. The first-order valence-corrected chi connectivity index (χ1v) is 5.90. The van der Waals surface area contributed by atoms with Gasteiger partial charge < -0.3 is 4.74 Å². The Morgan fingerprint density at radius 3 is 2.64 bits per heavy atom. The minimum Gasteiger partial charge on any atom is -0.495 e. The van der Waals surface area contributed by atoms with Gasteiger partial charge in [0.05, 0.1) is 17.3 Å². The molecule has 0 spiro atoms. The molecule has 1 aromatic carbocycles. The molecule has 1 rings (SSSR count). The summed E-state index contributed by atoms with van der Waals surface area (Å²) >= 11 is 3.24. The lowest BCUT2D eigenvalue weighted by molar-refractivity contribution is 0.412. The van der Waals surface area contributed by atoms with Gasteiger partial charge >= 0.3 is 0 Å². The molecule has 3 N–H and O–H groups in total. The number of benzene rings is 1. The smallest absolute Gasteiger partial charge is 0.296 e. The molecule has 0 fully saturated rings. The van der Waals surface area contributed by atoms with Crippen LogP contribution < -0.4 is 14.6 Å². The normalized spacial score (nSPS) is 11.1. The number of hydrogen-bond acceptors (Lipinski definition) is 3. The average Bonchev–Trinajstić information content (AvgIpc) is 2.06. The van der Waals surface area contributed by atoms with E-state index in [1.165, 1.54) is 13.2 Å². The fourth-order valence-electron chi connectivity index (χ4n) is 0.888. The van der Waals surface area contributed by atoms with Crippen molar-refractivity contribution in [2.24, 2.45) is 5.14 Å². The molecule has 0 saturated heterocycles. The van der Waals surface area contributed by atoms with E-state index in [0.29, 0.717) is 11.4 Å². The number of anilines is 1. The fraction of sp³-hybridized carbons (Fsp3) is 0.143. The lowest BCUT2D eigenvalue weighted by Gasteiger charge is -2.07. The van der Waals surface area contributed by atoms with Gasteiger partial charge in [-0.05, 0) is 28.1 Å². The predicted octanol–water partition coefficient (Wildman–Crippen LogP) is 1.07. The monoisotopic (exact) mass is 280 g/mol. The first kappa shape index (κ1) is 11.3. The van der Waals surface area contributed by atoms with Gasteiger partial charge in [-0.1, -0.05) is 0 Å². The Kier molecular flexibility index (Phi) is 3.35. The third-order valence-corrected chi connectivity index (χ3v) is 2.59. The van der Waals surface area contributed by atoms with Gasteiger partial charge in [0.2, 0.25) is 0 Å². The Balaban J connectivity index is 3.01. The summed E-state index contributed by atoms with van der Waals surface area (Å²) < 4.78 is 29.2. The molecule has 0 atom stereocenters. The maximum atomic E-state index is 10.7. The van der Waals surface area contributed by atoms with E-state index in [-0.39, 0.29) is 0 Å². The summed E-state index contributed by atoms with van der Waals surface area (Å²) in [5.74, 6) is 0.527. The molecule has 7 heteroatoms. The molecule has 0 unspecified atom stereocenters. The van der Waals surface area contributed by atoms with E-state index < -0.39 is 10.2 Å². The molecule has 0 aliphatic rings. The van der Waals surface area contributed by atoms with Crippen LogP contribution in [-0.2, 0) is 10.2 Å². The third kappa shape index (κ3) is 3.17. The molecule has 0 amide bonds. The SMILES string of the molecule is COc1cc(NS(N)(=O)=O)ccc1Br. The van der Waals surface area contributed by atoms with E-state index in [1.807, 2.05) is 0 Å². The van der Waals surface area contributed by atoms with Crippen molar-refractivity contribution < 1.29 is 13.2 Å². The lowest BCUT2D eigenvalue weighted by Crippen LogP contribution is -2.21. The predicted molar refractivity (Wildman–Crippen MR) is 57.4 cm³/mol. The van der Waals surface area contributed by atoms with Crippen molar-refractivity contribution in [2.45, 2.75) is 0 Å². The van der Waals surface area contributed by atoms with Crippen LogP contribution in [0.4, 0.5) is 5.69 Å². The summed E-state index contributed by atoms with van der Waals surface area (Å²) in [6, 6.07) is 4.75. The number of ether oxygens (including phenoxy) is 1. The molecule has 0 aliphatic heterocycles. The van der Waals surface area contributed by atoms with Crippen LogP contribution in [0.3, 0.4) is 0 Å². The van der Waals surface area contributed by atoms with Gasteiger partial charge in [0.15, 0.2) is 0 Å². The summed E-state index contributed by atoms with van der Waals surface area (Å²) in [7, 11) is -2.25. The largest absolute Gasteiger partial charge is 0.495 e. The maximum Gasteiger partial charge on any atom is 0.296 e. The van der Waals surface area contributed by atoms with Crippen molar-refractivity contribution >= 4 is 31.8 Å². The number of rotatable bonds is 3. The maximum absolute atomic E-state index is 10.7. The zero-order valence-electron chi connectivity index (χ0n) is 7.32. The van der Waals surface area contributed by atoms with Crippen molar-refractivity contribution in [2.75, 3.05) is 11.8 Å². The molecule has 78 valence electrons. The van der Waals surface area contributed by atoms with Crippen molar-refractivity contribution in [3.8, 4) is 5.75 Å². The van der Waals surface area contributed by atoms with Crippen molar-refractivity contribution in [1.29, 1.82) is 0 Å². The number of methoxy groups -OCH3 is 1. The Hall–Kier alpha value is -0.790. The molecule has 0 saturated carbocycles. The van der Waals surface area contributed by atoms with Crippen LogP contribution in [0.25, 0.3) is 0 Å². The Morgan fingerprint density at radius 1 is 1.50 bits per heavy atom. The molecule has 5 nitrogen and oxygen atoms in total. The molecule has 0 bridgehead atoms. The second kappa shape index (κ2) is 4.16. The van der Waals surface area contributed by atoms with Gasteiger partial charge in [-0.2, -0.15) is 8.42 Å². The van der Waals surface area contributed by atoms with E-state index in [0.717, 1.165) is 4.47 Å². The summed E-state index contributed by atoms with van der Waals surface area (Å²) in [5, 5.41) is 4.81. The van der Waals surface area contributed by atoms with Crippen LogP contribution in [0, 0.1) is 0 Å². The van der Waals surface area contributed by atoms with Gasteiger partial charge in [-0.15, -0.1) is 0 Å². The molecule has 0 aliphatic carbocycles. The van der Waals surface area contributed by atoms with Crippen LogP contribution in [0.1, 0.15) is 0 Å². The Bertz CT molecular complexity index is 433. The van der Waals surface area contributed by atoms with Crippen molar-refractivity contribution in [3.05, 3.63) is 22.7 Å². The van der Waals surface area contributed by atoms with Crippen molar-refractivity contribution in [1.82, 2.24) is 0 Å². The van der Waals surface area contributed by atoms with E-state index >= 15 is 0 Å². The van der Waals surface area contributed by atoms with Crippen LogP contribution >= 0.6 is 15.9 Å². The molecule has 0 heterocycles. The number of halogens is 1. The Labute approximate surface area is 90.6 Å². The fourth-order valence-corrected chi connectivity index (χ4v) is 1.75. The minimum atomic E-state index is -3.74. The van der Waals surface area contributed by atoms with E-state index in [4.69, 9.17) is 9.88 Å². The minimum absolute atomic E-state index is 0.354. The van der Waals surface area contributed by atoms with E-state index in [2.05, 4.69) is 20.7 Å². The third-order valence-electron chi connectivity index (χ3n) is 1.41. The zero-order valence-corrected chi connectivity index (χ0v) is 9.72. The lowest BCUT2D eigenvalue weighted by atomic mass is 10.3. The molecular formula is C7H9BrN2O3S. The average molecular weight is 281 g/mol. The topological polar surface area (TPSA) is 81.4 Å². The second-order valence-electron chi connectivity index (χ2n) is 2.50. The summed E-state index contributed by atoms with van der Waals surface area (Å²) in [5.41, 5.74) is 0.354. The van der Waals surface area contributed by atoms with Crippen LogP contribution in [0.2, 0.25) is 0 Å². The summed E-state index contributed by atoms with van der Waals surface area (Å²) in [4.78, 5) is 0. The molecule has 14 heavy (non-hydrogen) atoms.